The molecule has 0 aromatic carbocycles. The number of hydrogen-bond acceptors (Lipinski definition) is 4. The fourth-order valence-electron chi connectivity index (χ4n) is 0.806. The molecule has 1 unspecified atom stereocenters. The third kappa shape index (κ3) is 9.30. The highest BCUT2D eigenvalue weighted by Gasteiger charge is 2.04. The molecule has 78 valence electrons. The SMILES string of the molecule is CC(O)CCNCC(=O)OC(C)C. The summed E-state index contributed by atoms with van der Waals surface area (Å²) in [5.41, 5.74) is 0. The predicted octanol–water partition coefficient (Wildman–Crippen LogP) is 0.298. The second-order valence-corrected chi connectivity index (χ2v) is 3.35. The van der Waals surface area contributed by atoms with Crippen LogP contribution in [0.2, 0.25) is 0 Å². The topological polar surface area (TPSA) is 58.6 Å². The normalized spacial score (nSPS) is 13.0. The van der Waals surface area contributed by atoms with E-state index in [1.807, 2.05) is 13.8 Å². The average Bonchev–Trinajstić information content (AvgIpc) is 1.96. The Hall–Kier alpha value is -0.610. The highest BCUT2D eigenvalue weighted by atomic mass is 16.5. The van der Waals surface area contributed by atoms with Crippen molar-refractivity contribution in [2.75, 3.05) is 13.1 Å². The van der Waals surface area contributed by atoms with E-state index in [4.69, 9.17) is 9.84 Å². The molecule has 0 aliphatic rings. The number of aliphatic hydroxyl groups is 1. The minimum Gasteiger partial charge on any atom is -0.462 e. The summed E-state index contributed by atoms with van der Waals surface area (Å²) in [4.78, 5) is 11.0. The molecular weight excluding hydrogens is 170 g/mol. The Bertz CT molecular complexity index is 146. The van der Waals surface area contributed by atoms with Crippen LogP contribution in [0.25, 0.3) is 0 Å². The van der Waals surface area contributed by atoms with Crippen LogP contribution in [0, 0.1) is 0 Å². The first-order valence-corrected chi connectivity index (χ1v) is 4.60. The summed E-state index contributed by atoms with van der Waals surface area (Å²) in [5.74, 6) is -0.249. The van der Waals surface area contributed by atoms with E-state index in [0.29, 0.717) is 13.0 Å². The lowest BCUT2D eigenvalue weighted by Gasteiger charge is -2.09. The second kappa shape index (κ2) is 6.86. The average molecular weight is 189 g/mol. The highest BCUT2D eigenvalue weighted by molar-refractivity contribution is 5.71. The lowest BCUT2D eigenvalue weighted by molar-refractivity contribution is -0.146. The lowest BCUT2D eigenvalue weighted by atomic mass is 10.3. The molecule has 0 bridgehead atoms. The van der Waals surface area contributed by atoms with Gasteiger partial charge >= 0.3 is 5.97 Å². The Labute approximate surface area is 79.3 Å². The molecule has 13 heavy (non-hydrogen) atoms. The van der Waals surface area contributed by atoms with E-state index in [1.165, 1.54) is 0 Å². The van der Waals surface area contributed by atoms with E-state index >= 15 is 0 Å². The Morgan fingerprint density at radius 3 is 2.54 bits per heavy atom. The second-order valence-electron chi connectivity index (χ2n) is 3.35. The highest BCUT2D eigenvalue weighted by Crippen LogP contribution is 1.89. The number of carbonyl (C=O) groups is 1. The first kappa shape index (κ1) is 12.4. The van der Waals surface area contributed by atoms with Gasteiger partial charge in [-0.2, -0.15) is 0 Å². The van der Waals surface area contributed by atoms with Crippen LogP contribution < -0.4 is 5.32 Å². The minimum atomic E-state index is -0.325. The van der Waals surface area contributed by atoms with Crippen molar-refractivity contribution in [2.24, 2.45) is 0 Å². The van der Waals surface area contributed by atoms with E-state index in [9.17, 15) is 4.79 Å². The molecule has 1 atom stereocenters. The maximum atomic E-state index is 11.0. The zero-order valence-electron chi connectivity index (χ0n) is 8.54. The van der Waals surface area contributed by atoms with Gasteiger partial charge in [0.2, 0.25) is 0 Å². The van der Waals surface area contributed by atoms with Crippen LogP contribution in [-0.2, 0) is 9.53 Å². The largest absolute Gasteiger partial charge is 0.462 e. The Morgan fingerprint density at radius 1 is 1.46 bits per heavy atom. The number of hydrogen-bond donors (Lipinski definition) is 2. The summed E-state index contributed by atoms with van der Waals surface area (Å²) in [6, 6.07) is 0. The van der Waals surface area contributed by atoms with Gasteiger partial charge < -0.3 is 15.2 Å². The number of aliphatic hydroxyl groups excluding tert-OH is 1. The summed E-state index contributed by atoms with van der Waals surface area (Å²) in [5, 5.41) is 11.8. The zero-order valence-corrected chi connectivity index (χ0v) is 8.54. The monoisotopic (exact) mass is 189 g/mol. The zero-order chi connectivity index (χ0) is 10.3. The first-order chi connectivity index (χ1) is 6.02. The first-order valence-electron chi connectivity index (χ1n) is 4.60. The molecule has 0 radical (unpaired) electrons. The van der Waals surface area contributed by atoms with Gasteiger partial charge in [0.25, 0.3) is 0 Å². The molecule has 0 spiro atoms. The molecular formula is C9H19NO3. The molecule has 0 amide bonds. The molecule has 0 aliphatic heterocycles. The van der Waals surface area contributed by atoms with E-state index in [0.717, 1.165) is 0 Å². The molecule has 0 fully saturated rings. The van der Waals surface area contributed by atoms with Gasteiger partial charge in [-0.1, -0.05) is 0 Å². The predicted molar refractivity (Wildman–Crippen MR) is 50.4 cm³/mol. The molecule has 0 heterocycles. The molecule has 2 N–H and O–H groups in total. The fourth-order valence-corrected chi connectivity index (χ4v) is 0.806. The lowest BCUT2D eigenvalue weighted by Crippen LogP contribution is -2.28. The molecule has 0 saturated heterocycles. The number of nitrogens with one attached hydrogen (secondary N) is 1. The van der Waals surface area contributed by atoms with Crippen LogP contribution in [0.4, 0.5) is 0 Å². The fraction of sp³-hybridized carbons (Fsp3) is 0.889. The Morgan fingerprint density at radius 2 is 2.08 bits per heavy atom. The van der Waals surface area contributed by atoms with Crippen molar-refractivity contribution in [3.8, 4) is 0 Å². The summed E-state index contributed by atoms with van der Waals surface area (Å²) in [7, 11) is 0. The third-order valence-corrected chi connectivity index (χ3v) is 1.38. The number of ether oxygens (including phenoxy) is 1. The molecule has 0 aromatic rings. The molecule has 0 aromatic heterocycles. The van der Waals surface area contributed by atoms with Crippen LogP contribution in [0.15, 0.2) is 0 Å². The summed E-state index contributed by atoms with van der Waals surface area (Å²) in [6.45, 7) is 6.19. The quantitative estimate of drug-likeness (QED) is 0.466. The van der Waals surface area contributed by atoms with Crippen molar-refractivity contribution < 1.29 is 14.6 Å². The number of carbonyl (C=O) groups excluding carboxylic acids is 1. The van der Waals surface area contributed by atoms with Crippen molar-refractivity contribution in [1.82, 2.24) is 5.32 Å². The van der Waals surface area contributed by atoms with Crippen molar-refractivity contribution in [3.05, 3.63) is 0 Å². The molecule has 4 nitrogen and oxygen atoms in total. The van der Waals surface area contributed by atoms with Gasteiger partial charge in [-0.05, 0) is 33.7 Å². The van der Waals surface area contributed by atoms with E-state index < -0.39 is 0 Å². The van der Waals surface area contributed by atoms with Crippen LogP contribution in [0.3, 0.4) is 0 Å². The van der Waals surface area contributed by atoms with Gasteiger partial charge in [0.1, 0.15) is 0 Å². The van der Waals surface area contributed by atoms with Crippen LogP contribution in [0.5, 0.6) is 0 Å². The Balaban J connectivity index is 3.27. The minimum absolute atomic E-state index is 0.0638. The Kier molecular flexibility index (Phi) is 6.54. The van der Waals surface area contributed by atoms with Gasteiger partial charge in [-0.15, -0.1) is 0 Å². The van der Waals surface area contributed by atoms with Gasteiger partial charge in [0.05, 0.1) is 18.8 Å². The van der Waals surface area contributed by atoms with Gasteiger partial charge in [0, 0.05) is 0 Å². The van der Waals surface area contributed by atoms with E-state index in [2.05, 4.69) is 5.32 Å². The standard InChI is InChI=1S/C9H19NO3/c1-7(2)13-9(12)6-10-5-4-8(3)11/h7-8,10-11H,4-6H2,1-3H3. The molecule has 4 heteroatoms. The maximum Gasteiger partial charge on any atom is 0.320 e. The molecule has 0 aliphatic carbocycles. The summed E-state index contributed by atoms with van der Waals surface area (Å²) in [6.07, 6.45) is 0.259. The molecule has 0 rings (SSSR count). The van der Waals surface area contributed by atoms with E-state index in [-0.39, 0.29) is 24.7 Å². The van der Waals surface area contributed by atoms with Crippen LogP contribution in [-0.4, -0.2) is 36.4 Å². The molecule has 0 saturated carbocycles. The number of rotatable bonds is 6. The van der Waals surface area contributed by atoms with Crippen LogP contribution in [0.1, 0.15) is 27.2 Å². The van der Waals surface area contributed by atoms with Crippen molar-refractivity contribution in [2.45, 2.75) is 39.4 Å². The summed E-state index contributed by atoms with van der Waals surface area (Å²) >= 11 is 0. The van der Waals surface area contributed by atoms with Crippen molar-refractivity contribution in [1.29, 1.82) is 0 Å². The van der Waals surface area contributed by atoms with E-state index in [1.54, 1.807) is 6.92 Å². The maximum absolute atomic E-state index is 11.0. The van der Waals surface area contributed by atoms with Gasteiger partial charge in [-0.3, -0.25) is 4.79 Å². The van der Waals surface area contributed by atoms with Crippen molar-refractivity contribution >= 4 is 5.97 Å². The smallest absolute Gasteiger partial charge is 0.320 e. The number of esters is 1. The van der Waals surface area contributed by atoms with Gasteiger partial charge in [0.15, 0.2) is 0 Å². The van der Waals surface area contributed by atoms with Crippen molar-refractivity contribution in [3.63, 3.8) is 0 Å². The van der Waals surface area contributed by atoms with Gasteiger partial charge in [-0.25, -0.2) is 0 Å². The summed E-state index contributed by atoms with van der Waals surface area (Å²) < 4.78 is 4.89. The van der Waals surface area contributed by atoms with Crippen LogP contribution >= 0.6 is 0 Å². The third-order valence-electron chi connectivity index (χ3n) is 1.38.